The van der Waals surface area contributed by atoms with Crippen LogP contribution in [0.3, 0.4) is 0 Å². The third kappa shape index (κ3) is 6.80. The van der Waals surface area contributed by atoms with E-state index >= 15 is 0 Å². The van der Waals surface area contributed by atoms with E-state index in [9.17, 15) is 9.18 Å². The number of fused-ring (bicyclic) bond motifs is 2. The zero-order valence-corrected chi connectivity index (χ0v) is 28.4. The number of para-hydroxylation sites is 1. The Labute approximate surface area is 286 Å². The first-order valence-corrected chi connectivity index (χ1v) is 16.3. The summed E-state index contributed by atoms with van der Waals surface area (Å²) in [7, 11) is 7.53. The molecule has 49 heavy (non-hydrogen) atoms. The largest absolute Gasteiger partial charge is 0.496 e. The minimum absolute atomic E-state index is 0.0168. The fourth-order valence-corrected chi connectivity index (χ4v) is 6.51. The minimum Gasteiger partial charge on any atom is -0.496 e. The molecule has 4 aromatic carbocycles. The maximum atomic E-state index is 14.1. The number of aromatic nitrogens is 1. The van der Waals surface area contributed by atoms with Crippen molar-refractivity contribution in [3.8, 4) is 57.1 Å². The van der Waals surface area contributed by atoms with Gasteiger partial charge in [0.25, 0.3) is 0 Å². The van der Waals surface area contributed by atoms with E-state index in [2.05, 4.69) is 0 Å². The van der Waals surface area contributed by atoms with Crippen LogP contribution in [0.5, 0.6) is 34.5 Å². The van der Waals surface area contributed by atoms with Crippen molar-refractivity contribution in [2.24, 2.45) is 0 Å². The second kappa shape index (κ2) is 14.8. The van der Waals surface area contributed by atoms with E-state index in [4.69, 9.17) is 37.8 Å². The summed E-state index contributed by atoms with van der Waals surface area (Å²) in [6.45, 7) is 0.215. The van der Waals surface area contributed by atoms with E-state index in [1.54, 1.807) is 48.2 Å². The smallest absolute Gasteiger partial charge is 0.239 e. The van der Waals surface area contributed by atoms with Crippen molar-refractivity contribution >= 4 is 33.6 Å². The maximum Gasteiger partial charge on any atom is 0.239 e. The second-order valence-corrected chi connectivity index (χ2v) is 11.9. The molecule has 9 nitrogen and oxygen atoms in total. The Morgan fingerprint density at radius 2 is 1.47 bits per heavy atom. The van der Waals surface area contributed by atoms with Gasteiger partial charge in [-0.1, -0.05) is 18.2 Å². The molecular formula is C38H34FNO8S. The lowest BCUT2D eigenvalue weighted by molar-refractivity contribution is 0.309. The van der Waals surface area contributed by atoms with Crippen molar-refractivity contribution < 1.29 is 37.2 Å². The van der Waals surface area contributed by atoms with Crippen LogP contribution in [0.1, 0.15) is 6.42 Å². The first kappa shape index (κ1) is 33.5. The van der Waals surface area contributed by atoms with E-state index in [-0.39, 0.29) is 34.9 Å². The lowest BCUT2D eigenvalue weighted by Gasteiger charge is -2.17. The molecule has 0 spiro atoms. The van der Waals surface area contributed by atoms with Gasteiger partial charge in [0.2, 0.25) is 16.9 Å². The normalized spacial score (nSPS) is 11.1. The van der Waals surface area contributed by atoms with Gasteiger partial charge in [-0.2, -0.15) is 0 Å². The summed E-state index contributed by atoms with van der Waals surface area (Å²) in [6.07, 6.45) is 0.596. The average molecular weight is 684 g/mol. The van der Waals surface area contributed by atoms with E-state index in [0.29, 0.717) is 46.5 Å². The van der Waals surface area contributed by atoms with E-state index in [0.717, 1.165) is 27.1 Å². The average Bonchev–Trinajstić information content (AvgIpc) is 3.14. The zero-order chi connectivity index (χ0) is 34.5. The van der Waals surface area contributed by atoms with Gasteiger partial charge in [0.1, 0.15) is 28.3 Å². The third-order valence-corrected chi connectivity index (χ3v) is 9.03. The second-order valence-electron chi connectivity index (χ2n) is 10.8. The molecule has 6 rings (SSSR count). The Bertz CT molecular complexity index is 2160. The molecule has 6 aromatic rings. The lowest BCUT2D eigenvalue weighted by atomic mass is 10.1. The van der Waals surface area contributed by atoms with Gasteiger partial charge in [-0.05, 0) is 55.0 Å². The first-order chi connectivity index (χ1) is 23.9. The van der Waals surface area contributed by atoms with Crippen LogP contribution in [0.15, 0.2) is 93.0 Å². The molecule has 0 radical (unpaired) electrons. The van der Waals surface area contributed by atoms with Crippen LogP contribution in [0, 0.1) is 5.82 Å². The molecule has 0 saturated heterocycles. The van der Waals surface area contributed by atoms with Crippen molar-refractivity contribution in [3.05, 3.63) is 94.9 Å². The van der Waals surface area contributed by atoms with E-state index in [1.165, 1.54) is 47.7 Å². The predicted octanol–water partition coefficient (Wildman–Crippen LogP) is 8.42. The number of benzene rings is 4. The van der Waals surface area contributed by atoms with E-state index in [1.807, 2.05) is 30.3 Å². The number of methoxy groups -OCH3 is 5. The van der Waals surface area contributed by atoms with Gasteiger partial charge in [-0.3, -0.25) is 4.79 Å². The number of halogens is 1. The third-order valence-electron chi connectivity index (χ3n) is 7.88. The summed E-state index contributed by atoms with van der Waals surface area (Å²) in [6, 6.07) is 22.9. The van der Waals surface area contributed by atoms with Gasteiger partial charge in [-0.25, -0.2) is 9.37 Å². The SMILES string of the molecule is COc1cc(OC)c2c(=O)c(OCCCSc3cc(-c4ccc(F)cc4)nc4ccccc34)c(-c3cc(OC)c(OC)c(OC)c3)oc2c1. The fraction of sp³-hybridized carbons (Fsp3) is 0.211. The molecule has 0 aliphatic rings. The molecule has 0 unspecified atom stereocenters. The molecule has 11 heteroatoms. The quantitative estimate of drug-likeness (QED) is 0.0872. The molecule has 2 heterocycles. The highest BCUT2D eigenvalue weighted by Gasteiger charge is 2.24. The topological polar surface area (TPSA) is 98.5 Å². The Hall–Kier alpha value is -5.42. The van der Waals surface area contributed by atoms with Gasteiger partial charge in [0.15, 0.2) is 17.3 Å². The summed E-state index contributed by atoms with van der Waals surface area (Å²) in [5.74, 6) is 2.49. The standard InChI is InChI=1S/C38H34FNO8S/c1-42-25-19-29(43-2)34-30(20-25)48-36(23-17-31(44-3)37(46-5)32(18-23)45-4)38(35(34)41)47-15-8-16-49-33-21-28(22-11-13-24(39)14-12-22)40-27-10-7-6-9-26(27)33/h6-7,9-14,17-21H,8,15-16H2,1-5H3. The highest BCUT2D eigenvalue weighted by atomic mass is 32.2. The molecule has 0 aliphatic heterocycles. The van der Waals surface area contributed by atoms with Gasteiger partial charge < -0.3 is 32.8 Å². The highest BCUT2D eigenvalue weighted by molar-refractivity contribution is 7.99. The first-order valence-electron chi connectivity index (χ1n) is 15.3. The molecule has 0 fully saturated rings. The van der Waals surface area contributed by atoms with Crippen molar-refractivity contribution in [1.29, 1.82) is 0 Å². The number of rotatable bonds is 13. The number of hydrogen-bond donors (Lipinski definition) is 0. The van der Waals surface area contributed by atoms with Crippen LogP contribution < -0.4 is 33.8 Å². The van der Waals surface area contributed by atoms with Gasteiger partial charge in [-0.15, -0.1) is 11.8 Å². The van der Waals surface area contributed by atoms with Crippen LogP contribution in [-0.4, -0.2) is 52.9 Å². The Morgan fingerprint density at radius 1 is 0.755 bits per heavy atom. The van der Waals surface area contributed by atoms with Crippen LogP contribution in [0.25, 0.3) is 44.5 Å². The number of thioether (sulfide) groups is 1. The van der Waals surface area contributed by atoms with Crippen LogP contribution in [0.2, 0.25) is 0 Å². The molecule has 0 amide bonds. The number of ether oxygens (including phenoxy) is 6. The number of hydrogen-bond acceptors (Lipinski definition) is 10. The van der Waals surface area contributed by atoms with Crippen molar-refractivity contribution in [1.82, 2.24) is 4.98 Å². The summed E-state index contributed by atoms with van der Waals surface area (Å²) in [5.41, 5.74) is 2.77. The molecule has 252 valence electrons. The predicted molar refractivity (Wildman–Crippen MR) is 189 cm³/mol. The van der Waals surface area contributed by atoms with Gasteiger partial charge >= 0.3 is 0 Å². The molecular weight excluding hydrogens is 649 g/mol. The summed E-state index contributed by atoms with van der Waals surface area (Å²) in [5, 5.41) is 1.24. The lowest BCUT2D eigenvalue weighted by Crippen LogP contribution is -2.12. The molecule has 0 N–H and O–H groups in total. The molecule has 0 bridgehead atoms. The monoisotopic (exact) mass is 683 g/mol. The van der Waals surface area contributed by atoms with Crippen molar-refractivity contribution in [3.63, 3.8) is 0 Å². The highest BCUT2D eigenvalue weighted by Crippen LogP contribution is 2.44. The summed E-state index contributed by atoms with van der Waals surface area (Å²) < 4.78 is 53.8. The fourth-order valence-electron chi connectivity index (χ4n) is 5.50. The minimum atomic E-state index is -0.402. The Morgan fingerprint density at radius 3 is 2.14 bits per heavy atom. The van der Waals surface area contributed by atoms with Gasteiger partial charge in [0, 0.05) is 39.3 Å². The molecule has 0 atom stereocenters. The van der Waals surface area contributed by atoms with Crippen LogP contribution in [-0.2, 0) is 0 Å². The van der Waals surface area contributed by atoms with E-state index < -0.39 is 5.43 Å². The van der Waals surface area contributed by atoms with Gasteiger partial charge in [0.05, 0.1) is 53.4 Å². The molecule has 0 aliphatic carbocycles. The molecule has 0 saturated carbocycles. The zero-order valence-electron chi connectivity index (χ0n) is 27.6. The van der Waals surface area contributed by atoms with Crippen molar-refractivity contribution in [2.75, 3.05) is 47.9 Å². The van der Waals surface area contributed by atoms with Crippen molar-refractivity contribution in [2.45, 2.75) is 11.3 Å². The Balaban J connectivity index is 1.32. The molecule has 2 aromatic heterocycles. The number of pyridine rings is 1. The Kier molecular flexibility index (Phi) is 10.1. The summed E-state index contributed by atoms with van der Waals surface area (Å²) >= 11 is 1.65. The van der Waals surface area contributed by atoms with Crippen LogP contribution >= 0.6 is 11.8 Å². The maximum absolute atomic E-state index is 14.1. The number of nitrogens with zero attached hydrogens (tertiary/aromatic N) is 1. The van der Waals surface area contributed by atoms with Crippen LogP contribution in [0.4, 0.5) is 4.39 Å². The summed E-state index contributed by atoms with van der Waals surface area (Å²) in [4.78, 5) is 20.0.